The van der Waals surface area contributed by atoms with Crippen LogP contribution in [0.1, 0.15) is 33.7 Å². The van der Waals surface area contributed by atoms with E-state index < -0.39 is 47.6 Å². The Kier molecular flexibility index (Phi) is 4.40. The number of pyridine rings is 1. The minimum atomic E-state index is -4.88. The molecular formula is C10H9F5N2O2. The first-order chi connectivity index (χ1) is 8.72. The molecule has 0 unspecified atom stereocenters. The number of nitrogens with two attached hydrogens (primary N) is 1. The van der Waals surface area contributed by atoms with Crippen LogP contribution in [0.5, 0.6) is 0 Å². The molecule has 4 nitrogen and oxygen atoms in total. The van der Waals surface area contributed by atoms with Gasteiger partial charge < -0.3 is 10.5 Å². The number of methoxy groups -OCH3 is 1. The molecule has 106 valence electrons. The van der Waals surface area contributed by atoms with E-state index in [0.29, 0.717) is 6.07 Å². The number of alkyl halides is 5. The molecule has 0 radical (unpaired) electrons. The third kappa shape index (κ3) is 3.16. The van der Waals surface area contributed by atoms with E-state index in [1.807, 2.05) is 0 Å². The van der Waals surface area contributed by atoms with E-state index in [1.54, 1.807) is 0 Å². The van der Waals surface area contributed by atoms with E-state index in [-0.39, 0.29) is 0 Å². The number of esters is 1. The lowest BCUT2D eigenvalue weighted by molar-refractivity contribution is -0.141. The number of carbonyl (C=O) groups excluding carboxylic acids is 1. The summed E-state index contributed by atoms with van der Waals surface area (Å²) in [6.07, 6.45) is -8.07. The van der Waals surface area contributed by atoms with Crippen LogP contribution < -0.4 is 5.73 Å². The fourth-order valence-corrected chi connectivity index (χ4v) is 1.42. The maximum atomic E-state index is 12.8. The van der Waals surface area contributed by atoms with Gasteiger partial charge in [0.15, 0.2) is 5.69 Å². The molecule has 0 amide bonds. The summed E-state index contributed by atoms with van der Waals surface area (Å²) in [6.45, 7) is -0.588. The monoisotopic (exact) mass is 284 g/mol. The van der Waals surface area contributed by atoms with Crippen LogP contribution in [0.4, 0.5) is 22.0 Å². The molecule has 0 aliphatic rings. The van der Waals surface area contributed by atoms with Crippen LogP contribution in [-0.4, -0.2) is 18.1 Å². The van der Waals surface area contributed by atoms with Crippen molar-refractivity contribution in [3.8, 4) is 0 Å². The molecule has 2 N–H and O–H groups in total. The predicted molar refractivity (Wildman–Crippen MR) is 53.4 cm³/mol. The first kappa shape index (κ1) is 15.3. The summed E-state index contributed by atoms with van der Waals surface area (Å²) < 4.78 is 67.4. The van der Waals surface area contributed by atoms with Gasteiger partial charge in [-0.15, -0.1) is 0 Å². The van der Waals surface area contributed by atoms with Crippen LogP contribution in [-0.2, 0) is 17.5 Å². The molecule has 1 aromatic heterocycles. The van der Waals surface area contributed by atoms with Gasteiger partial charge in [-0.2, -0.15) is 13.2 Å². The molecule has 0 spiro atoms. The van der Waals surface area contributed by atoms with Crippen LogP contribution in [0.3, 0.4) is 0 Å². The Morgan fingerprint density at radius 2 is 2.05 bits per heavy atom. The van der Waals surface area contributed by atoms with E-state index >= 15 is 0 Å². The third-order valence-electron chi connectivity index (χ3n) is 2.25. The molecule has 0 atom stereocenters. The minimum absolute atomic E-state index is 0.397. The highest BCUT2D eigenvalue weighted by Gasteiger charge is 2.36. The topological polar surface area (TPSA) is 65.2 Å². The normalized spacial score (nSPS) is 11.8. The van der Waals surface area contributed by atoms with Gasteiger partial charge in [-0.1, -0.05) is 0 Å². The van der Waals surface area contributed by atoms with Crippen molar-refractivity contribution in [2.45, 2.75) is 19.1 Å². The summed E-state index contributed by atoms with van der Waals surface area (Å²) in [4.78, 5) is 14.2. The van der Waals surface area contributed by atoms with Crippen molar-refractivity contribution in [1.29, 1.82) is 0 Å². The Bertz CT molecular complexity index is 488. The van der Waals surface area contributed by atoms with Crippen LogP contribution in [0.15, 0.2) is 6.07 Å². The Morgan fingerprint density at radius 3 is 2.42 bits per heavy atom. The number of halogens is 5. The summed E-state index contributed by atoms with van der Waals surface area (Å²) in [5, 5.41) is 0. The molecule has 1 heterocycles. The van der Waals surface area contributed by atoms with E-state index in [4.69, 9.17) is 5.73 Å². The second kappa shape index (κ2) is 5.47. The molecule has 0 bridgehead atoms. The van der Waals surface area contributed by atoms with Gasteiger partial charge in [-0.05, 0) is 11.6 Å². The molecule has 9 heteroatoms. The highest BCUT2D eigenvalue weighted by atomic mass is 19.4. The first-order valence-corrected chi connectivity index (χ1v) is 4.89. The molecule has 1 rings (SSSR count). The lowest BCUT2D eigenvalue weighted by Gasteiger charge is -2.14. The number of nitrogens with zero attached hydrogens (tertiary/aromatic N) is 1. The van der Waals surface area contributed by atoms with E-state index in [1.165, 1.54) is 0 Å². The second-order valence-corrected chi connectivity index (χ2v) is 3.42. The smallest absolute Gasteiger partial charge is 0.433 e. The van der Waals surface area contributed by atoms with Crippen molar-refractivity contribution in [2.75, 3.05) is 7.11 Å². The first-order valence-electron chi connectivity index (χ1n) is 4.89. The van der Waals surface area contributed by atoms with Gasteiger partial charge in [0.2, 0.25) is 0 Å². The second-order valence-electron chi connectivity index (χ2n) is 3.42. The lowest BCUT2D eigenvalue weighted by atomic mass is 10.0. The molecule has 0 fully saturated rings. The van der Waals surface area contributed by atoms with Crippen LogP contribution in [0.25, 0.3) is 0 Å². The highest BCUT2D eigenvalue weighted by Crippen LogP contribution is 2.33. The molecule has 0 saturated carbocycles. The van der Waals surface area contributed by atoms with Gasteiger partial charge in [0.25, 0.3) is 6.43 Å². The van der Waals surface area contributed by atoms with Crippen LogP contribution in [0, 0.1) is 0 Å². The van der Waals surface area contributed by atoms with Crippen molar-refractivity contribution in [1.82, 2.24) is 4.98 Å². The quantitative estimate of drug-likeness (QED) is 0.683. The maximum absolute atomic E-state index is 12.8. The van der Waals surface area contributed by atoms with Gasteiger partial charge in [-0.3, -0.25) is 0 Å². The summed E-state index contributed by atoms with van der Waals surface area (Å²) in [7, 11) is 0.849. The van der Waals surface area contributed by atoms with E-state index in [0.717, 1.165) is 7.11 Å². The van der Waals surface area contributed by atoms with Crippen LogP contribution >= 0.6 is 0 Å². The number of carbonyl (C=O) groups is 1. The van der Waals surface area contributed by atoms with E-state index in [2.05, 4.69) is 9.72 Å². The van der Waals surface area contributed by atoms with Crippen molar-refractivity contribution in [3.05, 3.63) is 28.6 Å². The van der Waals surface area contributed by atoms with Crippen molar-refractivity contribution in [3.63, 3.8) is 0 Å². The van der Waals surface area contributed by atoms with Crippen LogP contribution in [0.2, 0.25) is 0 Å². The van der Waals surface area contributed by atoms with E-state index in [9.17, 15) is 26.7 Å². The predicted octanol–water partition coefficient (Wildman–Crippen LogP) is 2.28. The minimum Gasteiger partial charge on any atom is -0.464 e. The molecule has 0 saturated heterocycles. The average molecular weight is 284 g/mol. The SMILES string of the molecule is COC(=O)c1nc(C(F)(F)F)cc(CN)c1C(F)F. The van der Waals surface area contributed by atoms with Gasteiger partial charge in [0, 0.05) is 6.54 Å². The molecule has 0 aliphatic heterocycles. The molecule has 0 aromatic carbocycles. The fourth-order valence-electron chi connectivity index (χ4n) is 1.42. The Morgan fingerprint density at radius 1 is 1.47 bits per heavy atom. The largest absolute Gasteiger partial charge is 0.464 e. The number of hydrogen-bond acceptors (Lipinski definition) is 4. The average Bonchev–Trinajstić information content (AvgIpc) is 2.34. The zero-order chi connectivity index (χ0) is 14.8. The van der Waals surface area contributed by atoms with Gasteiger partial charge in [0.05, 0.1) is 12.7 Å². The highest BCUT2D eigenvalue weighted by molar-refractivity contribution is 5.89. The van der Waals surface area contributed by atoms with Gasteiger partial charge >= 0.3 is 12.1 Å². The molecular weight excluding hydrogens is 275 g/mol. The number of ether oxygens (including phenoxy) is 1. The molecule has 19 heavy (non-hydrogen) atoms. The molecule has 1 aromatic rings. The zero-order valence-corrected chi connectivity index (χ0v) is 9.59. The Labute approximate surface area is 104 Å². The summed E-state index contributed by atoms with van der Waals surface area (Å²) in [6, 6.07) is 0.397. The standard InChI is InChI=1S/C10H9F5N2O2/c1-19-9(18)7-6(8(11)12)4(3-16)2-5(17-7)10(13,14)15/h2,8H,3,16H2,1H3. The number of rotatable bonds is 3. The Hall–Kier alpha value is -1.77. The van der Waals surface area contributed by atoms with Gasteiger partial charge in [0.1, 0.15) is 5.69 Å². The third-order valence-corrected chi connectivity index (χ3v) is 2.25. The zero-order valence-electron chi connectivity index (χ0n) is 9.59. The lowest BCUT2D eigenvalue weighted by Crippen LogP contribution is -2.19. The van der Waals surface area contributed by atoms with Crippen molar-refractivity contribution in [2.24, 2.45) is 5.73 Å². The summed E-state index contributed by atoms with van der Waals surface area (Å²) >= 11 is 0. The number of hydrogen-bond donors (Lipinski definition) is 1. The maximum Gasteiger partial charge on any atom is 0.433 e. The Balaban J connectivity index is 3.59. The number of aromatic nitrogens is 1. The fraction of sp³-hybridized carbons (Fsp3) is 0.400. The summed E-state index contributed by atoms with van der Waals surface area (Å²) in [5.74, 6) is -1.38. The summed E-state index contributed by atoms with van der Waals surface area (Å²) in [5.41, 5.74) is 1.14. The van der Waals surface area contributed by atoms with Gasteiger partial charge in [-0.25, -0.2) is 18.6 Å². The molecule has 0 aliphatic carbocycles. The van der Waals surface area contributed by atoms with Crippen molar-refractivity contribution >= 4 is 5.97 Å². The van der Waals surface area contributed by atoms with Crippen molar-refractivity contribution < 1.29 is 31.5 Å².